The summed E-state index contributed by atoms with van der Waals surface area (Å²) in [6.45, 7) is -2.61. The third-order valence-electron chi connectivity index (χ3n) is 3.22. The van der Waals surface area contributed by atoms with E-state index in [-0.39, 0.29) is 18.1 Å². The summed E-state index contributed by atoms with van der Waals surface area (Å²) in [6, 6.07) is 7.47. The molecule has 0 bridgehead atoms. The zero-order valence-electron chi connectivity index (χ0n) is 12.2. The molecule has 0 unspecified atom stereocenters. The number of halogens is 3. The normalized spacial score (nSPS) is 11.0. The smallest absolute Gasteiger partial charge is 0.318 e. The summed E-state index contributed by atoms with van der Waals surface area (Å²) < 4.78 is 40.3. The van der Waals surface area contributed by atoms with E-state index in [9.17, 15) is 18.0 Å². The SMILES string of the molecule is O=C(Nc1cnn(Cc2ccccc2F)c1)c1ccn(C(F)F)n1. The molecule has 3 rings (SSSR count). The van der Waals surface area contributed by atoms with Crippen LogP contribution in [-0.4, -0.2) is 25.5 Å². The molecule has 0 aliphatic carbocycles. The van der Waals surface area contributed by atoms with Crippen molar-refractivity contribution in [1.82, 2.24) is 19.6 Å². The van der Waals surface area contributed by atoms with E-state index in [1.54, 1.807) is 18.2 Å². The maximum atomic E-state index is 13.6. The van der Waals surface area contributed by atoms with Crippen LogP contribution in [-0.2, 0) is 6.54 Å². The number of rotatable bonds is 5. The van der Waals surface area contributed by atoms with E-state index >= 15 is 0 Å². The number of hydrogen-bond acceptors (Lipinski definition) is 3. The average Bonchev–Trinajstić information content (AvgIpc) is 3.19. The minimum Gasteiger partial charge on any atom is -0.318 e. The average molecular weight is 335 g/mol. The van der Waals surface area contributed by atoms with Crippen molar-refractivity contribution in [3.63, 3.8) is 0 Å². The molecule has 0 saturated heterocycles. The molecule has 1 amide bonds. The maximum Gasteiger partial charge on any atom is 0.333 e. The number of aromatic nitrogens is 4. The van der Waals surface area contributed by atoms with E-state index in [0.717, 1.165) is 6.20 Å². The maximum absolute atomic E-state index is 13.6. The van der Waals surface area contributed by atoms with Gasteiger partial charge in [0.2, 0.25) is 0 Å². The second kappa shape index (κ2) is 6.57. The molecule has 0 atom stereocenters. The molecule has 0 spiro atoms. The zero-order chi connectivity index (χ0) is 17.1. The lowest BCUT2D eigenvalue weighted by atomic mass is 10.2. The molecular weight excluding hydrogens is 323 g/mol. The molecule has 1 N–H and O–H groups in total. The topological polar surface area (TPSA) is 64.7 Å². The lowest BCUT2D eigenvalue weighted by Crippen LogP contribution is -2.13. The van der Waals surface area contributed by atoms with Gasteiger partial charge >= 0.3 is 6.55 Å². The molecule has 124 valence electrons. The number of benzene rings is 1. The molecule has 0 aliphatic rings. The fourth-order valence-electron chi connectivity index (χ4n) is 2.08. The zero-order valence-corrected chi connectivity index (χ0v) is 12.2. The Morgan fingerprint density at radius 2 is 2.04 bits per heavy atom. The van der Waals surface area contributed by atoms with E-state index < -0.39 is 12.5 Å². The van der Waals surface area contributed by atoms with Gasteiger partial charge in [-0.3, -0.25) is 9.48 Å². The lowest BCUT2D eigenvalue weighted by Gasteiger charge is -2.03. The predicted octanol–water partition coefficient (Wildman–Crippen LogP) is 2.91. The number of hydrogen-bond donors (Lipinski definition) is 1. The van der Waals surface area contributed by atoms with Crippen molar-refractivity contribution in [3.8, 4) is 0 Å². The van der Waals surface area contributed by atoms with Gasteiger partial charge in [-0.15, -0.1) is 0 Å². The Bertz CT molecular complexity index is 858. The molecule has 0 fully saturated rings. The van der Waals surface area contributed by atoms with E-state index in [0.29, 0.717) is 15.9 Å². The highest BCUT2D eigenvalue weighted by molar-refractivity contribution is 6.02. The minimum absolute atomic E-state index is 0.142. The van der Waals surface area contributed by atoms with Crippen LogP contribution in [0, 0.1) is 5.82 Å². The molecule has 2 heterocycles. The van der Waals surface area contributed by atoms with Crippen molar-refractivity contribution >= 4 is 11.6 Å². The van der Waals surface area contributed by atoms with Gasteiger partial charge < -0.3 is 5.32 Å². The first kappa shape index (κ1) is 15.8. The fraction of sp³-hybridized carbons (Fsp3) is 0.133. The summed E-state index contributed by atoms with van der Waals surface area (Å²) in [5.41, 5.74) is 0.661. The molecule has 0 saturated carbocycles. The largest absolute Gasteiger partial charge is 0.333 e. The second-order valence-electron chi connectivity index (χ2n) is 4.93. The van der Waals surface area contributed by atoms with Gasteiger partial charge in [-0.2, -0.15) is 19.0 Å². The van der Waals surface area contributed by atoms with E-state index in [2.05, 4.69) is 15.5 Å². The minimum atomic E-state index is -2.81. The Morgan fingerprint density at radius 3 is 2.75 bits per heavy atom. The van der Waals surface area contributed by atoms with Crippen molar-refractivity contribution in [2.24, 2.45) is 0 Å². The first-order valence-electron chi connectivity index (χ1n) is 6.93. The predicted molar refractivity (Wildman–Crippen MR) is 79.2 cm³/mol. The first-order valence-corrected chi connectivity index (χ1v) is 6.93. The van der Waals surface area contributed by atoms with Crippen LogP contribution in [0.5, 0.6) is 0 Å². The van der Waals surface area contributed by atoms with Gasteiger partial charge in [0, 0.05) is 18.0 Å². The van der Waals surface area contributed by atoms with Crippen LogP contribution in [0.3, 0.4) is 0 Å². The van der Waals surface area contributed by atoms with Gasteiger partial charge in [-0.1, -0.05) is 18.2 Å². The van der Waals surface area contributed by atoms with Gasteiger partial charge in [-0.25, -0.2) is 9.07 Å². The van der Waals surface area contributed by atoms with Crippen LogP contribution in [0.15, 0.2) is 48.9 Å². The lowest BCUT2D eigenvalue weighted by molar-refractivity contribution is 0.0561. The summed E-state index contributed by atoms with van der Waals surface area (Å²) in [7, 11) is 0. The van der Waals surface area contributed by atoms with Crippen LogP contribution in [0.25, 0.3) is 0 Å². The summed E-state index contributed by atoms with van der Waals surface area (Å²) >= 11 is 0. The number of anilines is 1. The first-order chi connectivity index (χ1) is 11.5. The summed E-state index contributed by atoms with van der Waals surface area (Å²) in [5.74, 6) is -0.990. The number of carbonyl (C=O) groups excluding carboxylic acids is 1. The van der Waals surface area contributed by atoms with Crippen molar-refractivity contribution in [2.45, 2.75) is 13.1 Å². The monoisotopic (exact) mass is 335 g/mol. The van der Waals surface area contributed by atoms with Gasteiger partial charge in [0.15, 0.2) is 5.69 Å². The van der Waals surface area contributed by atoms with Gasteiger partial charge in [0.25, 0.3) is 5.91 Å². The van der Waals surface area contributed by atoms with Gasteiger partial charge in [0.1, 0.15) is 5.82 Å². The van der Waals surface area contributed by atoms with E-state index in [1.165, 1.54) is 29.2 Å². The molecule has 0 radical (unpaired) electrons. The van der Waals surface area contributed by atoms with Crippen molar-refractivity contribution in [2.75, 3.05) is 5.32 Å². The van der Waals surface area contributed by atoms with E-state index in [1.807, 2.05) is 0 Å². The molecule has 2 aromatic heterocycles. The van der Waals surface area contributed by atoms with Gasteiger partial charge in [-0.05, 0) is 12.1 Å². The highest BCUT2D eigenvalue weighted by Crippen LogP contribution is 2.13. The third kappa shape index (κ3) is 3.45. The molecule has 3 aromatic rings. The number of nitrogens with zero attached hydrogens (tertiary/aromatic N) is 4. The molecule has 0 aliphatic heterocycles. The van der Waals surface area contributed by atoms with Crippen LogP contribution in [0.4, 0.5) is 18.9 Å². The highest BCUT2D eigenvalue weighted by atomic mass is 19.3. The number of alkyl halides is 2. The summed E-state index contributed by atoms with van der Waals surface area (Å²) in [4.78, 5) is 11.9. The highest BCUT2D eigenvalue weighted by Gasteiger charge is 2.14. The standard InChI is InChI=1S/C15H12F3N5O/c16-12-4-2-1-3-10(12)8-22-9-11(7-19-22)20-14(24)13-5-6-23(21-13)15(17)18/h1-7,9,15H,8H2,(H,20,24). The summed E-state index contributed by atoms with van der Waals surface area (Å²) in [6.07, 6.45) is 3.90. The van der Waals surface area contributed by atoms with Crippen molar-refractivity contribution in [3.05, 3.63) is 66.0 Å². The third-order valence-corrected chi connectivity index (χ3v) is 3.22. The Morgan fingerprint density at radius 1 is 1.25 bits per heavy atom. The van der Waals surface area contributed by atoms with E-state index in [4.69, 9.17) is 0 Å². The molecule has 24 heavy (non-hydrogen) atoms. The molecule has 6 nitrogen and oxygen atoms in total. The van der Waals surface area contributed by atoms with Crippen molar-refractivity contribution < 1.29 is 18.0 Å². The van der Waals surface area contributed by atoms with Crippen LogP contribution in [0.2, 0.25) is 0 Å². The number of amides is 1. The Labute approximate surface area is 134 Å². The van der Waals surface area contributed by atoms with Crippen LogP contribution < -0.4 is 5.32 Å². The van der Waals surface area contributed by atoms with Crippen molar-refractivity contribution in [1.29, 1.82) is 0 Å². The van der Waals surface area contributed by atoms with Gasteiger partial charge in [0.05, 0.1) is 18.4 Å². The van der Waals surface area contributed by atoms with Crippen LogP contribution >= 0.6 is 0 Å². The second-order valence-corrected chi connectivity index (χ2v) is 4.93. The Kier molecular flexibility index (Phi) is 4.32. The fourth-order valence-corrected chi connectivity index (χ4v) is 2.08. The number of nitrogens with one attached hydrogen (secondary N) is 1. The molecule has 1 aromatic carbocycles. The Balaban J connectivity index is 1.67. The number of carbonyl (C=O) groups is 1. The van der Waals surface area contributed by atoms with Crippen LogP contribution in [0.1, 0.15) is 22.6 Å². The summed E-state index contributed by atoms with van der Waals surface area (Å²) in [5, 5.41) is 9.99. The quantitative estimate of drug-likeness (QED) is 0.780. The molecular formula is C15H12F3N5O. The Hall–Kier alpha value is -3.10. The molecule has 9 heteroatoms.